The first-order valence-corrected chi connectivity index (χ1v) is 11.2. The highest BCUT2D eigenvalue weighted by Crippen LogP contribution is 2.26. The van der Waals surface area contributed by atoms with Gasteiger partial charge in [0, 0.05) is 25.2 Å². The number of nitrogens with one attached hydrogen (secondary N) is 2. The average molecular weight is 466 g/mol. The maximum atomic E-state index is 13.0. The lowest BCUT2D eigenvalue weighted by molar-refractivity contribution is -0.124. The third-order valence-corrected chi connectivity index (χ3v) is 5.96. The number of amides is 3. The third-order valence-electron chi connectivity index (χ3n) is 5.96. The molecule has 3 rings (SSSR count). The minimum Gasteiger partial charge on any atom is -0.497 e. The number of hydrogen-bond acceptors (Lipinski definition) is 5. The van der Waals surface area contributed by atoms with Crippen LogP contribution in [0.5, 0.6) is 11.5 Å². The molecule has 1 fully saturated rings. The van der Waals surface area contributed by atoms with Crippen molar-refractivity contribution in [1.29, 1.82) is 0 Å². The molecule has 1 aliphatic rings. The van der Waals surface area contributed by atoms with E-state index < -0.39 is 6.04 Å². The van der Waals surface area contributed by atoms with Gasteiger partial charge in [-0.15, -0.1) is 6.58 Å². The Kier molecular flexibility index (Phi) is 8.67. The Hall–Kier alpha value is -3.81. The van der Waals surface area contributed by atoms with Crippen LogP contribution in [-0.4, -0.2) is 62.5 Å². The Labute approximate surface area is 199 Å². The third kappa shape index (κ3) is 5.95. The molecule has 1 heterocycles. The van der Waals surface area contributed by atoms with Gasteiger partial charge in [-0.3, -0.25) is 14.4 Å². The maximum Gasteiger partial charge on any atom is 0.257 e. The molecule has 180 valence electrons. The van der Waals surface area contributed by atoms with Crippen molar-refractivity contribution >= 4 is 17.7 Å². The van der Waals surface area contributed by atoms with Crippen molar-refractivity contribution in [2.24, 2.45) is 5.92 Å². The van der Waals surface area contributed by atoms with Crippen molar-refractivity contribution < 1.29 is 23.9 Å². The fraction of sp³-hybridized carbons (Fsp3) is 0.346. The highest BCUT2D eigenvalue weighted by molar-refractivity contribution is 5.98. The molecule has 2 aromatic carbocycles. The van der Waals surface area contributed by atoms with Crippen LogP contribution in [0.25, 0.3) is 0 Å². The molecular formula is C26H31N3O5. The first-order valence-electron chi connectivity index (χ1n) is 11.2. The molecular weight excluding hydrogens is 434 g/mol. The van der Waals surface area contributed by atoms with E-state index in [9.17, 15) is 14.4 Å². The Bertz CT molecular complexity index is 1030. The lowest BCUT2D eigenvalue weighted by atomic mass is 9.88. The van der Waals surface area contributed by atoms with Crippen LogP contribution in [0.1, 0.15) is 33.6 Å². The molecule has 0 spiro atoms. The van der Waals surface area contributed by atoms with Gasteiger partial charge in [-0.05, 0) is 49.1 Å². The Morgan fingerprint density at radius 1 is 1.09 bits per heavy atom. The standard InChI is InChI=1S/C26H31N3O5/c1-4-14-27-25(31)23(28-24(30)19-8-7-9-20(17-19)33-2)18-12-15-29(16-13-18)26(32)21-10-5-6-11-22(21)34-3/h4-11,17-18,23H,1,12-16H2,2-3H3,(H,27,31)(H,28,30). The monoisotopic (exact) mass is 465 g/mol. The normalized spacial score (nSPS) is 14.6. The topological polar surface area (TPSA) is 97.0 Å². The van der Waals surface area contributed by atoms with Crippen LogP contribution in [0, 0.1) is 5.92 Å². The van der Waals surface area contributed by atoms with Gasteiger partial charge in [-0.1, -0.05) is 24.3 Å². The highest BCUT2D eigenvalue weighted by Gasteiger charge is 2.34. The van der Waals surface area contributed by atoms with E-state index in [2.05, 4.69) is 17.2 Å². The number of piperidine rings is 1. The number of ether oxygens (including phenoxy) is 2. The predicted molar refractivity (Wildman–Crippen MR) is 129 cm³/mol. The van der Waals surface area contributed by atoms with Crippen LogP contribution in [0.2, 0.25) is 0 Å². The molecule has 2 aromatic rings. The summed E-state index contributed by atoms with van der Waals surface area (Å²) in [7, 11) is 3.07. The maximum absolute atomic E-state index is 13.0. The zero-order chi connectivity index (χ0) is 24.5. The van der Waals surface area contributed by atoms with Gasteiger partial charge in [-0.2, -0.15) is 0 Å². The first-order chi connectivity index (χ1) is 16.5. The molecule has 0 radical (unpaired) electrons. The van der Waals surface area contributed by atoms with Crippen LogP contribution >= 0.6 is 0 Å². The van der Waals surface area contributed by atoms with Gasteiger partial charge in [-0.25, -0.2) is 0 Å². The van der Waals surface area contributed by atoms with Gasteiger partial charge < -0.3 is 25.0 Å². The lowest BCUT2D eigenvalue weighted by Gasteiger charge is -2.36. The summed E-state index contributed by atoms with van der Waals surface area (Å²) in [6, 6.07) is 13.2. The fourth-order valence-electron chi connectivity index (χ4n) is 4.10. The van der Waals surface area contributed by atoms with E-state index in [-0.39, 0.29) is 23.6 Å². The van der Waals surface area contributed by atoms with Crippen LogP contribution in [0.3, 0.4) is 0 Å². The minimum absolute atomic E-state index is 0.107. The van der Waals surface area contributed by atoms with Crippen LogP contribution in [-0.2, 0) is 4.79 Å². The van der Waals surface area contributed by atoms with Gasteiger partial charge in [0.25, 0.3) is 11.8 Å². The Morgan fingerprint density at radius 2 is 1.82 bits per heavy atom. The summed E-state index contributed by atoms with van der Waals surface area (Å²) in [4.78, 5) is 40.6. The van der Waals surface area contributed by atoms with Gasteiger partial charge in [0.2, 0.25) is 5.91 Å². The van der Waals surface area contributed by atoms with Crippen LogP contribution < -0.4 is 20.1 Å². The molecule has 34 heavy (non-hydrogen) atoms. The summed E-state index contributed by atoms with van der Waals surface area (Å²) in [6.07, 6.45) is 2.74. The number of hydrogen-bond donors (Lipinski definition) is 2. The smallest absolute Gasteiger partial charge is 0.257 e. The summed E-state index contributed by atoms with van der Waals surface area (Å²) < 4.78 is 10.5. The number of para-hydroxylation sites is 1. The van der Waals surface area contributed by atoms with Crippen molar-refractivity contribution in [2.45, 2.75) is 18.9 Å². The van der Waals surface area contributed by atoms with Gasteiger partial charge in [0.15, 0.2) is 0 Å². The zero-order valence-corrected chi connectivity index (χ0v) is 19.6. The van der Waals surface area contributed by atoms with E-state index in [4.69, 9.17) is 9.47 Å². The molecule has 8 heteroatoms. The van der Waals surface area contributed by atoms with E-state index >= 15 is 0 Å². The quantitative estimate of drug-likeness (QED) is 0.555. The van der Waals surface area contributed by atoms with E-state index in [0.29, 0.717) is 55.1 Å². The SMILES string of the molecule is C=CCNC(=O)C(NC(=O)c1cccc(OC)c1)C1CCN(C(=O)c2ccccc2OC)CC1. The summed E-state index contributed by atoms with van der Waals surface area (Å²) in [6.45, 7) is 4.88. The molecule has 1 saturated heterocycles. The molecule has 1 aliphatic heterocycles. The number of rotatable bonds is 9. The zero-order valence-electron chi connectivity index (χ0n) is 19.6. The molecule has 1 unspecified atom stereocenters. The van der Waals surface area contributed by atoms with Crippen molar-refractivity contribution in [2.75, 3.05) is 33.9 Å². The molecule has 2 N–H and O–H groups in total. The number of methoxy groups -OCH3 is 2. The fourth-order valence-corrected chi connectivity index (χ4v) is 4.10. The molecule has 8 nitrogen and oxygen atoms in total. The first kappa shape index (κ1) is 24.8. The van der Waals surface area contributed by atoms with Crippen molar-refractivity contribution in [3.63, 3.8) is 0 Å². The number of carbonyl (C=O) groups excluding carboxylic acids is 3. The highest BCUT2D eigenvalue weighted by atomic mass is 16.5. The van der Waals surface area contributed by atoms with Crippen LogP contribution in [0.4, 0.5) is 0 Å². The van der Waals surface area contributed by atoms with Crippen molar-refractivity contribution in [1.82, 2.24) is 15.5 Å². The predicted octanol–water partition coefficient (Wildman–Crippen LogP) is 2.66. The van der Waals surface area contributed by atoms with Gasteiger partial charge >= 0.3 is 0 Å². The second-order valence-corrected chi connectivity index (χ2v) is 8.05. The minimum atomic E-state index is -0.734. The van der Waals surface area contributed by atoms with E-state index in [0.717, 1.165) is 0 Å². The van der Waals surface area contributed by atoms with Gasteiger partial charge in [0.1, 0.15) is 17.5 Å². The Balaban J connectivity index is 1.71. The van der Waals surface area contributed by atoms with Crippen molar-refractivity contribution in [3.8, 4) is 11.5 Å². The largest absolute Gasteiger partial charge is 0.497 e. The molecule has 1 atom stereocenters. The number of likely N-dealkylation sites (tertiary alicyclic amines) is 1. The number of benzene rings is 2. The average Bonchev–Trinajstić information content (AvgIpc) is 2.89. The van der Waals surface area contributed by atoms with Gasteiger partial charge in [0.05, 0.1) is 19.8 Å². The van der Waals surface area contributed by atoms with Crippen molar-refractivity contribution in [3.05, 3.63) is 72.3 Å². The molecule has 0 saturated carbocycles. The molecule has 3 amide bonds. The number of nitrogens with zero attached hydrogens (tertiary/aromatic N) is 1. The molecule has 0 bridgehead atoms. The summed E-state index contributed by atoms with van der Waals surface area (Å²) in [5, 5.41) is 5.68. The lowest BCUT2D eigenvalue weighted by Crippen LogP contribution is -2.53. The summed E-state index contributed by atoms with van der Waals surface area (Å²) in [5.74, 6) is 0.228. The number of carbonyl (C=O) groups is 3. The summed E-state index contributed by atoms with van der Waals surface area (Å²) >= 11 is 0. The second-order valence-electron chi connectivity index (χ2n) is 8.05. The Morgan fingerprint density at radius 3 is 2.50 bits per heavy atom. The van der Waals surface area contributed by atoms with E-state index in [1.54, 1.807) is 53.4 Å². The summed E-state index contributed by atoms with van der Waals surface area (Å²) in [5.41, 5.74) is 0.916. The molecule has 0 aromatic heterocycles. The van der Waals surface area contributed by atoms with Crippen LogP contribution in [0.15, 0.2) is 61.2 Å². The molecule has 0 aliphatic carbocycles. The second kappa shape index (κ2) is 11.9. The van der Waals surface area contributed by atoms with E-state index in [1.807, 2.05) is 6.07 Å². The van der Waals surface area contributed by atoms with E-state index in [1.165, 1.54) is 14.2 Å².